The molecule has 0 saturated carbocycles. The summed E-state index contributed by atoms with van der Waals surface area (Å²) in [6, 6.07) is 0.00322. The number of morpholine rings is 1. The average Bonchev–Trinajstić information content (AvgIpc) is 2.14. The summed E-state index contributed by atoms with van der Waals surface area (Å²) in [4.78, 5) is 13.9. The molecule has 1 rings (SSSR count). The highest BCUT2D eigenvalue weighted by atomic mass is 16.5. The van der Waals surface area contributed by atoms with Crippen LogP contribution in [-0.2, 0) is 9.53 Å². The van der Waals surface area contributed by atoms with E-state index >= 15 is 0 Å². The van der Waals surface area contributed by atoms with Crippen LogP contribution in [0.5, 0.6) is 0 Å². The van der Waals surface area contributed by atoms with Gasteiger partial charge in [-0.3, -0.25) is 9.69 Å². The Labute approximate surface area is 104 Å². The minimum Gasteiger partial charge on any atom is -0.374 e. The van der Waals surface area contributed by atoms with Crippen LogP contribution in [0.1, 0.15) is 27.7 Å². The first-order chi connectivity index (χ1) is 7.78. The third-order valence-electron chi connectivity index (χ3n) is 2.65. The van der Waals surface area contributed by atoms with Gasteiger partial charge in [-0.05, 0) is 27.7 Å². The molecule has 1 fully saturated rings. The van der Waals surface area contributed by atoms with Crippen molar-refractivity contribution in [2.45, 2.75) is 45.4 Å². The Morgan fingerprint density at radius 1 is 1.59 bits per heavy atom. The Morgan fingerprint density at radius 3 is 2.76 bits per heavy atom. The van der Waals surface area contributed by atoms with Crippen LogP contribution in [0.4, 0.5) is 0 Å². The normalized spacial score (nSPS) is 24.4. The van der Waals surface area contributed by atoms with E-state index in [0.29, 0.717) is 13.2 Å². The quantitative estimate of drug-likeness (QED) is 0.729. The summed E-state index contributed by atoms with van der Waals surface area (Å²) >= 11 is 0. The Kier molecular flexibility index (Phi) is 4.91. The lowest BCUT2D eigenvalue weighted by molar-refractivity contribution is -0.125. The van der Waals surface area contributed by atoms with Crippen LogP contribution in [0.25, 0.3) is 0 Å². The first kappa shape index (κ1) is 14.4. The second-order valence-electron chi connectivity index (χ2n) is 5.80. The van der Waals surface area contributed by atoms with Crippen molar-refractivity contribution in [3.63, 3.8) is 0 Å². The molecule has 1 aliphatic heterocycles. The first-order valence-corrected chi connectivity index (χ1v) is 6.18. The zero-order valence-corrected chi connectivity index (χ0v) is 11.3. The van der Waals surface area contributed by atoms with E-state index in [9.17, 15) is 4.79 Å². The average molecular weight is 243 g/mol. The second-order valence-corrected chi connectivity index (χ2v) is 5.80. The molecule has 0 aromatic heterocycles. The van der Waals surface area contributed by atoms with E-state index in [-0.39, 0.29) is 23.6 Å². The van der Waals surface area contributed by atoms with E-state index in [1.807, 2.05) is 27.7 Å². The maximum absolute atomic E-state index is 11.8. The molecule has 0 radical (unpaired) electrons. The van der Waals surface area contributed by atoms with E-state index in [1.54, 1.807) is 0 Å². The van der Waals surface area contributed by atoms with Crippen LogP contribution in [0, 0.1) is 0 Å². The van der Waals surface area contributed by atoms with Crippen molar-refractivity contribution >= 4 is 5.91 Å². The molecule has 0 aliphatic carbocycles. The fourth-order valence-electron chi connectivity index (χ4n) is 1.85. The number of hydrogen-bond donors (Lipinski definition) is 2. The number of ether oxygens (including phenoxy) is 1. The summed E-state index contributed by atoms with van der Waals surface area (Å²) in [5.41, 5.74) is 5.63. The molecule has 2 unspecified atom stereocenters. The lowest BCUT2D eigenvalue weighted by atomic mass is 10.1. The maximum atomic E-state index is 11.8. The van der Waals surface area contributed by atoms with Gasteiger partial charge in [0.05, 0.1) is 19.3 Å². The van der Waals surface area contributed by atoms with Crippen LogP contribution >= 0.6 is 0 Å². The molecule has 0 bridgehead atoms. The molecule has 1 aliphatic rings. The number of amides is 1. The Morgan fingerprint density at radius 2 is 2.24 bits per heavy atom. The van der Waals surface area contributed by atoms with Gasteiger partial charge in [-0.25, -0.2) is 0 Å². The molecule has 1 amide bonds. The van der Waals surface area contributed by atoms with Crippen molar-refractivity contribution in [3.8, 4) is 0 Å². The molecular weight excluding hydrogens is 218 g/mol. The first-order valence-electron chi connectivity index (χ1n) is 6.18. The summed E-state index contributed by atoms with van der Waals surface area (Å²) in [5, 5.41) is 2.96. The number of nitrogens with two attached hydrogens (primary N) is 1. The topological polar surface area (TPSA) is 67.6 Å². The monoisotopic (exact) mass is 243 g/mol. The summed E-state index contributed by atoms with van der Waals surface area (Å²) in [5.74, 6) is 0.0582. The van der Waals surface area contributed by atoms with Crippen LogP contribution in [0.15, 0.2) is 0 Å². The van der Waals surface area contributed by atoms with Gasteiger partial charge in [-0.2, -0.15) is 0 Å². The predicted octanol–water partition coefficient (Wildman–Crippen LogP) is -0.0509. The van der Waals surface area contributed by atoms with Crippen LogP contribution in [-0.4, -0.2) is 54.7 Å². The highest BCUT2D eigenvalue weighted by Crippen LogP contribution is 2.07. The third kappa shape index (κ3) is 5.48. The maximum Gasteiger partial charge on any atom is 0.234 e. The Bertz CT molecular complexity index is 261. The lowest BCUT2D eigenvalue weighted by Gasteiger charge is -2.34. The third-order valence-corrected chi connectivity index (χ3v) is 2.65. The van der Waals surface area contributed by atoms with Gasteiger partial charge in [0.15, 0.2) is 0 Å². The van der Waals surface area contributed by atoms with Gasteiger partial charge in [0.2, 0.25) is 5.91 Å². The minimum absolute atomic E-state index is 0.00322. The largest absolute Gasteiger partial charge is 0.374 e. The molecule has 3 N–H and O–H groups in total. The van der Waals surface area contributed by atoms with Crippen molar-refractivity contribution in [1.29, 1.82) is 0 Å². The summed E-state index contributed by atoms with van der Waals surface area (Å²) in [6.45, 7) is 10.5. The zero-order valence-electron chi connectivity index (χ0n) is 11.3. The van der Waals surface area contributed by atoms with Crippen molar-refractivity contribution in [3.05, 3.63) is 0 Å². The molecule has 1 heterocycles. The van der Waals surface area contributed by atoms with E-state index in [1.165, 1.54) is 0 Å². The Hall–Kier alpha value is -0.650. The van der Waals surface area contributed by atoms with Crippen LogP contribution < -0.4 is 11.1 Å². The van der Waals surface area contributed by atoms with Crippen LogP contribution in [0.2, 0.25) is 0 Å². The van der Waals surface area contributed by atoms with Crippen LogP contribution in [0.3, 0.4) is 0 Å². The summed E-state index contributed by atoms with van der Waals surface area (Å²) in [7, 11) is 0. The molecular formula is C12H25N3O2. The van der Waals surface area contributed by atoms with Crippen molar-refractivity contribution in [2.24, 2.45) is 5.73 Å². The smallest absolute Gasteiger partial charge is 0.234 e. The SMILES string of the molecule is CC(N)C1CN(CC(=O)NC(C)(C)C)CCO1. The van der Waals surface area contributed by atoms with Crippen molar-refractivity contribution < 1.29 is 9.53 Å². The fourth-order valence-corrected chi connectivity index (χ4v) is 1.85. The standard InChI is InChI=1S/C12H25N3O2/c1-9(13)10-7-15(5-6-17-10)8-11(16)14-12(2,3)4/h9-10H,5-8,13H2,1-4H3,(H,14,16). The molecule has 17 heavy (non-hydrogen) atoms. The predicted molar refractivity (Wildman–Crippen MR) is 67.7 cm³/mol. The van der Waals surface area contributed by atoms with Gasteiger partial charge in [0.1, 0.15) is 0 Å². The van der Waals surface area contributed by atoms with Gasteiger partial charge in [-0.15, -0.1) is 0 Å². The number of carbonyl (C=O) groups excluding carboxylic acids is 1. The van der Waals surface area contributed by atoms with E-state index in [4.69, 9.17) is 10.5 Å². The number of rotatable bonds is 3. The van der Waals surface area contributed by atoms with Gasteiger partial charge >= 0.3 is 0 Å². The Balaban J connectivity index is 2.38. The molecule has 2 atom stereocenters. The number of nitrogens with zero attached hydrogens (tertiary/aromatic N) is 1. The van der Waals surface area contributed by atoms with Gasteiger partial charge in [-0.1, -0.05) is 0 Å². The molecule has 0 spiro atoms. The van der Waals surface area contributed by atoms with Crippen molar-refractivity contribution in [1.82, 2.24) is 10.2 Å². The molecule has 1 saturated heterocycles. The summed E-state index contributed by atoms with van der Waals surface area (Å²) in [6.07, 6.45) is 0.0335. The van der Waals surface area contributed by atoms with E-state index in [2.05, 4.69) is 10.2 Å². The fraction of sp³-hybridized carbons (Fsp3) is 0.917. The highest BCUT2D eigenvalue weighted by molar-refractivity contribution is 5.78. The minimum atomic E-state index is -0.177. The highest BCUT2D eigenvalue weighted by Gasteiger charge is 2.25. The number of carbonyl (C=O) groups is 1. The molecule has 0 aromatic carbocycles. The zero-order chi connectivity index (χ0) is 13.1. The lowest BCUT2D eigenvalue weighted by Crippen LogP contribution is -2.53. The van der Waals surface area contributed by atoms with Gasteiger partial charge in [0, 0.05) is 24.7 Å². The number of hydrogen-bond acceptors (Lipinski definition) is 4. The van der Waals surface area contributed by atoms with E-state index < -0.39 is 0 Å². The van der Waals surface area contributed by atoms with Gasteiger partial charge in [0.25, 0.3) is 0 Å². The molecule has 5 heteroatoms. The molecule has 5 nitrogen and oxygen atoms in total. The van der Waals surface area contributed by atoms with Crippen molar-refractivity contribution in [2.75, 3.05) is 26.2 Å². The van der Waals surface area contributed by atoms with E-state index in [0.717, 1.165) is 13.1 Å². The summed E-state index contributed by atoms with van der Waals surface area (Å²) < 4.78 is 5.55. The molecule has 100 valence electrons. The number of nitrogens with one attached hydrogen (secondary N) is 1. The molecule has 0 aromatic rings. The van der Waals surface area contributed by atoms with Gasteiger partial charge < -0.3 is 15.8 Å². The second kappa shape index (κ2) is 5.80.